The van der Waals surface area contributed by atoms with Crippen LogP contribution in [0.5, 0.6) is 0 Å². The summed E-state index contributed by atoms with van der Waals surface area (Å²) in [6, 6.07) is 0. The maximum absolute atomic E-state index is 12.7. The van der Waals surface area contributed by atoms with Gasteiger partial charge in [0, 0.05) is 5.92 Å². The third kappa shape index (κ3) is 1.59. The second-order valence-electron chi connectivity index (χ2n) is 3.95. The Balaban J connectivity index is 2.11. The van der Waals surface area contributed by atoms with Crippen LogP contribution in [0, 0.1) is 5.92 Å². The molecule has 76 valence electrons. The molecule has 2 heterocycles. The standard InChI is InChI=1S/C8H13FO3S/c1-5(13(9,10)11)7-4-6-2-3-8(7)12-6/h5-8H,2-4H2,1H3. The summed E-state index contributed by atoms with van der Waals surface area (Å²) >= 11 is 0. The van der Waals surface area contributed by atoms with Crippen LogP contribution in [0.2, 0.25) is 0 Å². The van der Waals surface area contributed by atoms with Crippen molar-refractivity contribution >= 4 is 10.2 Å². The number of ether oxygens (including phenoxy) is 1. The molecule has 0 aromatic heterocycles. The molecule has 0 saturated carbocycles. The Morgan fingerprint density at radius 1 is 1.46 bits per heavy atom. The van der Waals surface area contributed by atoms with Crippen LogP contribution in [-0.2, 0) is 15.0 Å². The maximum atomic E-state index is 12.7. The SMILES string of the molecule is CC(C1CC2CCC1O2)S(=O)(=O)F. The lowest BCUT2D eigenvalue weighted by Gasteiger charge is -2.21. The molecule has 0 aliphatic carbocycles. The second kappa shape index (κ2) is 2.92. The van der Waals surface area contributed by atoms with E-state index in [1.54, 1.807) is 0 Å². The molecule has 2 aliphatic heterocycles. The minimum Gasteiger partial charge on any atom is -0.375 e. The van der Waals surface area contributed by atoms with E-state index < -0.39 is 15.5 Å². The molecule has 2 aliphatic rings. The van der Waals surface area contributed by atoms with Crippen molar-refractivity contribution in [2.75, 3.05) is 0 Å². The van der Waals surface area contributed by atoms with E-state index in [0.717, 1.165) is 12.8 Å². The molecule has 0 amide bonds. The third-order valence-electron chi connectivity index (χ3n) is 3.20. The van der Waals surface area contributed by atoms with Crippen LogP contribution in [0.15, 0.2) is 0 Å². The minimum atomic E-state index is -4.39. The van der Waals surface area contributed by atoms with E-state index in [2.05, 4.69) is 0 Å². The molecule has 0 aromatic carbocycles. The number of fused-ring (bicyclic) bond motifs is 2. The first-order chi connectivity index (χ1) is 5.98. The lowest BCUT2D eigenvalue weighted by Crippen LogP contribution is -2.31. The van der Waals surface area contributed by atoms with Crippen LogP contribution in [0.1, 0.15) is 26.2 Å². The topological polar surface area (TPSA) is 43.4 Å². The van der Waals surface area contributed by atoms with Gasteiger partial charge < -0.3 is 4.74 Å². The van der Waals surface area contributed by atoms with Crippen LogP contribution in [-0.4, -0.2) is 25.9 Å². The Morgan fingerprint density at radius 2 is 2.15 bits per heavy atom. The van der Waals surface area contributed by atoms with Gasteiger partial charge in [-0.3, -0.25) is 0 Å². The molecule has 13 heavy (non-hydrogen) atoms. The van der Waals surface area contributed by atoms with Gasteiger partial charge in [0.15, 0.2) is 0 Å². The Bertz CT molecular complexity index is 301. The molecular weight excluding hydrogens is 195 g/mol. The van der Waals surface area contributed by atoms with Gasteiger partial charge in [-0.05, 0) is 26.2 Å². The Kier molecular flexibility index (Phi) is 2.11. The predicted octanol–water partition coefficient (Wildman–Crippen LogP) is 1.24. The van der Waals surface area contributed by atoms with Crippen molar-refractivity contribution in [3.05, 3.63) is 0 Å². The Labute approximate surface area is 77.5 Å². The van der Waals surface area contributed by atoms with Crippen molar-refractivity contribution in [2.24, 2.45) is 5.92 Å². The fourth-order valence-electron chi connectivity index (χ4n) is 2.38. The number of rotatable bonds is 2. The van der Waals surface area contributed by atoms with Crippen LogP contribution in [0.3, 0.4) is 0 Å². The monoisotopic (exact) mass is 208 g/mol. The molecule has 3 nitrogen and oxygen atoms in total. The van der Waals surface area contributed by atoms with E-state index in [-0.39, 0.29) is 18.1 Å². The largest absolute Gasteiger partial charge is 0.375 e. The lowest BCUT2D eigenvalue weighted by molar-refractivity contribution is 0.0922. The van der Waals surface area contributed by atoms with Crippen LogP contribution >= 0.6 is 0 Å². The normalized spacial score (nSPS) is 40.9. The summed E-state index contributed by atoms with van der Waals surface area (Å²) in [5, 5.41) is -0.900. The van der Waals surface area contributed by atoms with Crippen molar-refractivity contribution in [3.8, 4) is 0 Å². The highest BCUT2D eigenvalue weighted by Gasteiger charge is 2.46. The molecular formula is C8H13FO3S. The summed E-state index contributed by atoms with van der Waals surface area (Å²) in [6.45, 7) is 1.43. The Morgan fingerprint density at radius 3 is 2.54 bits per heavy atom. The summed E-state index contributed by atoms with van der Waals surface area (Å²) in [6.07, 6.45) is 2.74. The van der Waals surface area contributed by atoms with E-state index in [4.69, 9.17) is 4.74 Å². The molecule has 4 unspecified atom stereocenters. The van der Waals surface area contributed by atoms with E-state index in [1.807, 2.05) is 0 Å². The lowest BCUT2D eigenvalue weighted by atomic mass is 9.87. The van der Waals surface area contributed by atoms with Gasteiger partial charge in [0.05, 0.1) is 17.5 Å². The fourth-order valence-corrected chi connectivity index (χ4v) is 3.08. The number of hydrogen-bond acceptors (Lipinski definition) is 3. The summed E-state index contributed by atoms with van der Waals surface area (Å²) in [4.78, 5) is 0. The number of halogens is 1. The van der Waals surface area contributed by atoms with Gasteiger partial charge in [-0.2, -0.15) is 8.42 Å². The van der Waals surface area contributed by atoms with E-state index in [0.29, 0.717) is 6.42 Å². The first-order valence-corrected chi connectivity index (χ1v) is 6.02. The highest BCUT2D eigenvalue weighted by molar-refractivity contribution is 7.87. The zero-order valence-corrected chi connectivity index (χ0v) is 8.26. The van der Waals surface area contributed by atoms with Gasteiger partial charge in [0.2, 0.25) is 0 Å². The van der Waals surface area contributed by atoms with E-state index in [1.165, 1.54) is 6.92 Å². The van der Waals surface area contributed by atoms with Crippen molar-refractivity contribution in [1.29, 1.82) is 0 Å². The molecule has 2 saturated heterocycles. The summed E-state index contributed by atoms with van der Waals surface area (Å²) in [5.41, 5.74) is 0. The van der Waals surface area contributed by atoms with Crippen LogP contribution in [0.25, 0.3) is 0 Å². The summed E-state index contributed by atoms with van der Waals surface area (Å²) in [5.74, 6) is -0.131. The molecule has 0 spiro atoms. The predicted molar refractivity (Wildman–Crippen MR) is 45.5 cm³/mol. The minimum absolute atomic E-state index is 0.0227. The maximum Gasteiger partial charge on any atom is 0.305 e. The molecule has 0 aromatic rings. The third-order valence-corrected chi connectivity index (χ3v) is 4.44. The summed E-state index contributed by atoms with van der Waals surface area (Å²) in [7, 11) is -4.39. The van der Waals surface area contributed by atoms with E-state index in [9.17, 15) is 12.3 Å². The van der Waals surface area contributed by atoms with Gasteiger partial charge in [-0.15, -0.1) is 3.89 Å². The first kappa shape index (κ1) is 9.40. The average Bonchev–Trinajstić information content (AvgIpc) is 2.60. The van der Waals surface area contributed by atoms with Crippen LogP contribution < -0.4 is 0 Å². The van der Waals surface area contributed by atoms with Crippen molar-refractivity contribution in [3.63, 3.8) is 0 Å². The fraction of sp³-hybridized carbons (Fsp3) is 1.00. The highest BCUT2D eigenvalue weighted by atomic mass is 32.3. The molecule has 2 rings (SSSR count). The molecule has 2 fully saturated rings. The Hall–Kier alpha value is -0.160. The summed E-state index contributed by atoms with van der Waals surface area (Å²) < 4.78 is 39.5. The first-order valence-electron chi connectivity index (χ1n) is 4.57. The van der Waals surface area contributed by atoms with Gasteiger partial charge >= 0.3 is 10.2 Å². The van der Waals surface area contributed by atoms with Gasteiger partial charge in [-0.25, -0.2) is 0 Å². The average molecular weight is 208 g/mol. The number of hydrogen-bond donors (Lipinski definition) is 0. The molecule has 2 bridgehead atoms. The smallest absolute Gasteiger partial charge is 0.305 e. The quantitative estimate of drug-likeness (QED) is 0.641. The molecule has 0 N–H and O–H groups in total. The molecule has 5 heteroatoms. The molecule has 4 atom stereocenters. The van der Waals surface area contributed by atoms with Crippen molar-refractivity contribution < 1.29 is 17.0 Å². The van der Waals surface area contributed by atoms with Crippen molar-refractivity contribution in [1.82, 2.24) is 0 Å². The molecule has 0 radical (unpaired) electrons. The second-order valence-corrected chi connectivity index (χ2v) is 5.65. The van der Waals surface area contributed by atoms with Gasteiger partial charge in [0.1, 0.15) is 0 Å². The zero-order valence-electron chi connectivity index (χ0n) is 7.44. The van der Waals surface area contributed by atoms with Gasteiger partial charge in [-0.1, -0.05) is 0 Å². The van der Waals surface area contributed by atoms with Gasteiger partial charge in [0.25, 0.3) is 0 Å². The van der Waals surface area contributed by atoms with Crippen molar-refractivity contribution in [2.45, 2.75) is 43.6 Å². The van der Waals surface area contributed by atoms with E-state index >= 15 is 0 Å². The highest BCUT2D eigenvalue weighted by Crippen LogP contribution is 2.42. The zero-order chi connectivity index (χ0) is 9.64. The van der Waals surface area contributed by atoms with Crippen LogP contribution in [0.4, 0.5) is 3.89 Å².